The second kappa shape index (κ2) is 2.62. The van der Waals surface area contributed by atoms with Gasteiger partial charge in [-0.25, -0.2) is 5.32 Å². The molecule has 11 heavy (non-hydrogen) atoms. The molecule has 0 bridgehead atoms. The first-order chi connectivity index (χ1) is 5.36. The number of benzene rings is 1. The van der Waals surface area contributed by atoms with E-state index in [1.54, 1.807) is 0 Å². The maximum atomic E-state index is 5.02. The van der Waals surface area contributed by atoms with Gasteiger partial charge in [0.25, 0.3) is 0 Å². The summed E-state index contributed by atoms with van der Waals surface area (Å²) in [4.78, 5) is 0.837. The summed E-state index contributed by atoms with van der Waals surface area (Å²) in [7, 11) is 0. The van der Waals surface area contributed by atoms with Gasteiger partial charge in [0, 0.05) is 6.42 Å². The predicted octanol–water partition coefficient (Wildman–Crippen LogP) is 2.20. The maximum Gasteiger partial charge on any atom is 0.104 e. The number of fused-ring (bicyclic) bond motifs is 1. The van der Waals surface area contributed by atoms with Crippen LogP contribution in [0.3, 0.4) is 0 Å². The Labute approximate surface area is 71.4 Å². The molecule has 1 aliphatic rings. The monoisotopic (exact) mass is 162 g/mol. The topological polar surface area (TPSA) is 14.1 Å². The second-order valence-corrected chi connectivity index (χ2v) is 3.11. The van der Waals surface area contributed by atoms with E-state index >= 15 is 0 Å². The van der Waals surface area contributed by atoms with Crippen molar-refractivity contribution in [2.24, 2.45) is 0 Å². The van der Waals surface area contributed by atoms with E-state index in [9.17, 15) is 0 Å². The van der Waals surface area contributed by atoms with Gasteiger partial charge in [-0.15, -0.1) is 0 Å². The smallest absolute Gasteiger partial charge is 0.104 e. The Bertz CT molecular complexity index is 293. The highest BCUT2D eigenvalue weighted by atomic mass is 32.1. The number of nitrogens with zero attached hydrogens (tertiary/aromatic N) is 1. The Morgan fingerprint density at radius 1 is 1.18 bits per heavy atom. The van der Waals surface area contributed by atoms with Gasteiger partial charge in [0.05, 0.1) is 5.69 Å². The molecule has 0 spiro atoms. The predicted molar refractivity (Wildman–Crippen MR) is 49.2 cm³/mol. The van der Waals surface area contributed by atoms with Crippen molar-refractivity contribution in [3.8, 4) is 0 Å². The van der Waals surface area contributed by atoms with Crippen LogP contribution in [0.2, 0.25) is 0 Å². The fourth-order valence-corrected chi connectivity index (χ4v) is 1.46. The van der Waals surface area contributed by atoms with Crippen LogP contribution in [0.4, 0.5) is 5.69 Å². The SMILES string of the molecule is S=C1CCc2ccccc2[N]1. The molecule has 0 atom stereocenters. The molecule has 1 radical (unpaired) electrons. The summed E-state index contributed by atoms with van der Waals surface area (Å²) in [6.45, 7) is 0. The van der Waals surface area contributed by atoms with Crippen molar-refractivity contribution in [1.82, 2.24) is 5.32 Å². The quantitative estimate of drug-likeness (QED) is 0.533. The normalized spacial score (nSPS) is 15.5. The molecular weight excluding hydrogens is 154 g/mol. The first-order valence-corrected chi connectivity index (χ1v) is 4.09. The molecule has 0 saturated heterocycles. The van der Waals surface area contributed by atoms with Gasteiger partial charge in [-0.3, -0.25) is 0 Å². The summed E-state index contributed by atoms with van der Waals surface area (Å²) >= 11 is 5.02. The largest absolute Gasteiger partial charge is 0.242 e. The van der Waals surface area contributed by atoms with Crippen LogP contribution in [-0.2, 0) is 6.42 Å². The Balaban J connectivity index is 2.41. The van der Waals surface area contributed by atoms with Crippen LogP contribution in [0, 0.1) is 0 Å². The number of thiocarbonyl (C=S) groups is 1. The minimum Gasteiger partial charge on any atom is -0.242 e. The summed E-state index contributed by atoms with van der Waals surface area (Å²) in [5.41, 5.74) is 2.38. The van der Waals surface area contributed by atoms with Crippen molar-refractivity contribution in [3.63, 3.8) is 0 Å². The Hall–Kier alpha value is -0.890. The standard InChI is InChI=1S/C9H8NS/c11-9-6-5-7-3-1-2-4-8(7)10-9/h1-4H,5-6H2. The average molecular weight is 162 g/mol. The molecule has 0 unspecified atom stereocenters. The van der Waals surface area contributed by atoms with Crippen LogP contribution >= 0.6 is 12.2 Å². The van der Waals surface area contributed by atoms with Gasteiger partial charge in [0.1, 0.15) is 4.99 Å². The summed E-state index contributed by atoms with van der Waals surface area (Å²) in [6, 6.07) is 8.17. The summed E-state index contributed by atoms with van der Waals surface area (Å²) in [5, 5.41) is 4.28. The lowest BCUT2D eigenvalue weighted by molar-refractivity contribution is 0.959. The first kappa shape index (κ1) is 6.80. The number of para-hydroxylation sites is 1. The van der Waals surface area contributed by atoms with E-state index in [1.165, 1.54) is 5.56 Å². The molecule has 0 N–H and O–H groups in total. The third kappa shape index (κ3) is 1.26. The molecule has 0 amide bonds. The van der Waals surface area contributed by atoms with E-state index in [0.29, 0.717) is 0 Å². The van der Waals surface area contributed by atoms with Crippen LogP contribution < -0.4 is 5.32 Å². The zero-order valence-corrected chi connectivity index (χ0v) is 6.90. The fraction of sp³-hybridized carbons (Fsp3) is 0.222. The Morgan fingerprint density at radius 2 is 2.00 bits per heavy atom. The zero-order chi connectivity index (χ0) is 7.68. The van der Waals surface area contributed by atoms with Crippen molar-refractivity contribution < 1.29 is 0 Å². The highest BCUT2D eigenvalue weighted by Crippen LogP contribution is 2.21. The van der Waals surface area contributed by atoms with Crippen LogP contribution in [0.5, 0.6) is 0 Å². The molecule has 1 aromatic rings. The van der Waals surface area contributed by atoms with Crippen molar-refractivity contribution in [2.75, 3.05) is 0 Å². The number of rotatable bonds is 0. The van der Waals surface area contributed by atoms with Crippen LogP contribution in [0.25, 0.3) is 0 Å². The molecule has 1 nitrogen and oxygen atoms in total. The van der Waals surface area contributed by atoms with E-state index in [4.69, 9.17) is 12.2 Å². The summed E-state index contributed by atoms with van der Waals surface area (Å²) in [6.07, 6.45) is 1.99. The lowest BCUT2D eigenvalue weighted by Gasteiger charge is -2.14. The molecule has 0 saturated carbocycles. The van der Waals surface area contributed by atoms with E-state index < -0.39 is 0 Å². The molecule has 2 rings (SSSR count). The first-order valence-electron chi connectivity index (χ1n) is 3.69. The lowest BCUT2D eigenvalue weighted by Crippen LogP contribution is -2.15. The van der Waals surface area contributed by atoms with Gasteiger partial charge < -0.3 is 0 Å². The molecule has 0 aromatic heterocycles. The minimum atomic E-state index is 0.837. The van der Waals surface area contributed by atoms with Crippen molar-refractivity contribution >= 4 is 22.9 Å². The van der Waals surface area contributed by atoms with E-state index in [0.717, 1.165) is 23.5 Å². The van der Waals surface area contributed by atoms with Gasteiger partial charge in [-0.2, -0.15) is 0 Å². The third-order valence-corrected chi connectivity index (χ3v) is 2.14. The number of hydrogen-bond acceptors (Lipinski definition) is 1. The van der Waals surface area contributed by atoms with Crippen molar-refractivity contribution in [2.45, 2.75) is 12.8 Å². The molecular formula is C9H8NS. The maximum absolute atomic E-state index is 5.02. The highest BCUT2D eigenvalue weighted by molar-refractivity contribution is 7.80. The second-order valence-electron chi connectivity index (χ2n) is 2.63. The molecule has 1 aromatic carbocycles. The van der Waals surface area contributed by atoms with Gasteiger partial charge in [0.15, 0.2) is 0 Å². The van der Waals surface area contributed by atoms with Crippen LogP contribution in [-0.4, -0.2) is 4.99 Å². The van der Waals surface area contributed by atoms with Gasteiger partial charge in [-0.1, -0.05) is 30.4 Å². The summed E-state index contributed by atoms with van der Waals surface area (Å²) < 4.78 is 0. The molecule has 1 aliphatic heterocycles. The van der Waals surface area contributed by atoms with E-state index in [2.05, 4.69) is 11.4 Å². The van der Waals surface area contributed by atoms with Crippen molar-refractivity contribution in [1.29, 1.82) is 0 Å². The highest BCUT2D eigenvalue weighted by Gasteiger charge is 2.11. The lowest BCUT2D eigenvalue weighted by atomic mass is 10.0. The Kier molecular flexibility index (Phi) is 1.62. The number of aryl methyl sites for hydroxylation is 1. The van der Waals surface area contributed by atoms with E-state index in [1.807, 2.05) is 18.2 Å². The van der Waals surface area contributed by atoms with Crippen LogP contribution in [0.1, 0.15) is 12.0 Å². The fourth-order valence-electron chi connectivity index (χ4n) is 1.26. The summed E-state index contributed by atoms with van der Waals surface area (Å²) in [5.74, 6) is 0. The van der Waals surface area contributed by atoms with Gasteiger partial charge in [0.2, 0.25) is 0 Å². The van der Waals surface area contributed by atoms with E-state index in [-0.39, 0.29) is 0 Å². The third-order valence-electron chi connectivity index (χ3n) is 1.84. The minimum absolute atomic E-state index is 0.837. The average Bonchev–Trinajstić information content (AvgIpc) is 2.04. The van der Waals surface area contributed by atoms with Gasteiger partial charge in [-0.05, 0) is 18.1 Å². The molecule has 2 heteroatoms. The Morgan fingerprint density at radius 3 is 2.91 bits per heavy atom. The zero-order valence-electron chi connectivity index (χ0n) is 6.08. The molecule has 0 aliphatic carbocycles. The molecule has 1 heterocycles. The van der Waals surface area contributed by atoms with Gasteiger partial charge >= 0.3 is 0 Å². The van der Waals surface area contributed by atoms with Crippen LogP contribution in [0.15, 0.2) is 24.3 Å². The molecule has 0 fully saturated rings. The van der Waals surface area contributed by atoms with Crippen molar-refractivity contribution in [3.05, 3.63) is 29.8 Å². The molecule has 55 valence electrons. The number of hydrogen-bond donors (Lipinski definition) is 0.